The third-order valence-electron chi connectivity index (χ3n) is 4.32. The fourth-order valence-corrected chi connectivity index (χ4v) is 4.10. The van der Waals surface area contributed by atoms with Crippen molar-refractivity contribution in [3.05, 3.63) is 48.0 Å². The molecule has 2 aromatic rings. The van der Waals surface area contributed by atoms with Crippen molar-refractivity contribution in [1.29, 1.82) is 0 Å². The van der Waals surface area contributed by atoms with Crippen LogP contribution in [0.25, 0.3) is 0 Å². The predicted octanol–water partition coefficient (Wildman–Crippen LogP) is 0.0386. The van der Waals surface area contributed by atoms with Crippen molar-refractivity contribution in [3.63, 3.8) is 0 Å². The Balaban J connectivity index is 1.83. The molecule has 3 rings (SSSR count). The van der Waals surface area contributed by atoms with Gasteiger partial charge in [-0.15, -0.1) is 0 Å². The number of thiocarbonyl (C=S) groups is 1. The number of carbonyl (C=O) groups is 1. The molecule has 11 nitrogen and oxygen atoms in total. The molecule has 0 spiro atoms. The number of hydrogen-bond donors (Lipinski definition) is 4. The minimum atomic E-state index is -3.97. The second-order valence-corrected chi connectivity index (χ2v) is 9.90. The summed E-state index contributed by atoms with van der Waals surface area (Å²) < 4.78 is 46.0. The summed E-state index contributed by atoms with van der Waals surface area (Å²) in [5.74, 6) is -0.433. The summed E-state index contributed by atoms with van der Waals surface area (Å²) in [6.45, 7) is 2.11. The highest BCUT2D eigenvalue weighted by Crippen LogP contribution is 2.31. The molecule has 1 aliphatic rings. The Morgan fingerprint density at radius 3 is 2.16 bits per heavy atom. The molecule has 6 N–H and O–H groups in total. The maximum absolute atomic E-state index is 12.7. The summed E-state index contributed by atoms with van der Waals surface area (Å²) in [7, 11) is -7.79. The first-order valence-electron chi connectivity index (χ1n) is 8.68. The fraction of sp³-hybridized carbons (Fsp3) is 0.118. The van der Waals surface area contributed by atoms with E-state index < -0.39 is 26.0 Å². The van der Waals surface area contributed by atoms with Crippen LogP contribution in [0.3, 0.4) is 0 Å². The van der Waals surface area contributed by atoms with Gasteiger partial charge in [0.1, 0.15) is 0 Å². The van der Waals surface area contributed by atoms with E-state index in [-0.39, 0.29) is 20.6 Å². The highest BCUT2D eigenvalue weighted by atomic mass is 32.2. The number of rotatable bonds is 5. The molecule has 0 unspecified atom stereocenters. The van der Waals surface area contributed by atoms with Gasteiger partial charge in [-0.2, -0.15) is 5.10 Å². The molecular weight excluding hydrogens is 464 g/mol. The topological polar surface area (TPSA) is 177 Å². The monoisotopic (exact) mass is 482 g/mol. The summed E-state index contributed by atoms with van der Waals surface area (Å²) in [5, 5.41) is 17.1. The number of likely N-dealkylation sites (N-methyl/N-ethyl adjacent to an activating group) is 1. The summed E-state index contributed by atoms with van der Waals surface area (Å²) in [6, 6.07) is 9.59. The molecule has 0 fully saturated rings. The Labute approximate surface area is 184 Å². The SMILES string of the molecule is CCN1C(=O)C(=NNC(=S)Nc2ccc(S(N)(=O)=O)cc2)c2cc(S(N)(=O)=O)ccc21. The lowest BCUT2D eigenvalue weighted by atomic mass is 10.1. The fourth-order valence-electron chi connectivity index (χ4n) is 2.89. The van der Waals surface area contributed by atoms with E-state index in [2.05, 4.69) is 15.8 Å². The van der Waals surface area contributed by atoms with E-state index in [9.17, 15) is 21.6 Å². The van der Waals surface area contributed by atoms with Gasteiger partial charge in [0.15, 0.2) is 10.8 Å². The number of nitrogens with zero attached hydrogens (tertiary/aromatic N) is 2. The molecule has 0 radical (unpaired) electrons. The van der Waals surface area contributed by atoms with Crippen LogP contribution in [0.1, 0.15) is 12.5 Å². The number of benzene rings is 2. The molecule has 31 heavy (non-hydrogen) atoms. The highest BCUT2D eigenvalue weighted by molar-refractivity contribution is 7.89. The van der Waals surface area contributed by atoms with Gasteiger partial charge in [-0.05, 0) is 61.6 Å². The van der Waals surface area contributed by atoms with E-state index in [0.29, 0.717) is 23.5 Å². The van der Waals surface area contributed by atoms with Crippen molar-refractivity contribution in [2.24, 2.45) is 15.4 Å². The maximum atomic E-state index is 12.7. The first-order valence-corrected chi connectivity index (χ1v) is 12.2. The van der Waals surface area contributed by atoms with Crippen molar-refractivity contribution in [2.75, 3.05) is 16.8 Å². The van der Waals surface area contributed by atoms with E-state index in [1.807, 2.05) is 0 Å². The van der Waals surface area contributed by atoms with Gasteiger partial charge in [0.05, 0.1) is 15.5 Å². The van der Waals surface area contributed by atoms with E-state index in [4.69, 9.17) is 22.5 Å². The van der Waals surface area contributed by atoms with E-state index in [1.54, 1.807) is 6.92 Å². The molecule has 14 heteroatoms. The van der Waals surface area contributed by atoms with Gasteiger partial charge >= 0.3 is 0 Å². The molecule has 1 amide bonds. The van der Waals surface area contributed by atoms with Gasteiger partial charge in [0.2, 0.25) is 20.0 Å². The molecule has 0 saturated carbocycles. The molecule has 0 atom stereocenters. The van der Waals surface area contributed by atoms with E-state index >= 15 is 0 Å². The Bertz CT molecular complexity index is 1300. The van der Waals surface area contributed by atoms with Gasteiger partial charge in [-0.1, -0.05) is 0 Å². The largest absolute Gasteiger partial charge is 0.331 e. The second-order valence-electron chi connectivity index (χ2n) is 6.37. The number of nitrogens with two attached hydrogens (primary N) is 2. The molecule has 1 heterocycles. The van der Waals surface area contributed by atoms with Crippen LogP contribution in [-0.2, 0) is 24.8 Å². The minimum Gasteiger partial charge on any atom is -0.331 e. The van der Waals surface area contributed by atoms with Crippen LogP contribution in [0.4, 0.5) is 11.4 Å². The molecule has 164 valence electrons. The predicted molar refractivity (Wildman–Crippen MR) is 120 cm³/mol. The van der Waals surface area contributed by atoms with E-state index in [0.717, 1.165) is 0 Å². The Morgan fingerprint density at radius 1 is 1.03 bits per heavy atom. The number of amides is 1. The number of anilines is 2. The number of fused-ring (bicyclic) bond motifs is 1. The van der Waals surface area contributed by atoms with Gasteiger partial charge in [-0.25, -0.2) is 27.1 Å². The smallest absolute Gasteiger partial charge is 0.279 e. The lowest BCUT2D eigenvalue weighted by Crippen LogP contribution is -2.32. The second kappa shape index (κ2) is 8.32. The van der Waals surface area contributed by atoms with Crippen molar-refractivity contribution in [3.8, 4) is 0 Å². The van der Waals surface area contributed by atoms with Crippen molar-refractivity contribution < 1.29 is 21.6 Å². The third-order valence-corrected chi connectivity index (χ3v) is 6.35. The lowest BCUT2D eigenvalue weighted by molar-refractivity contribution is -0.112. The first-order chi connectivity index (χ1) is 14.4. The lowest BCUT2D eigenvalue weighted by Gasteiger charge is -2.13. The quantitative estimate of drug-likeness (QED) is 0.341. The zero-order valence-electron chi connectivity index (χ0n) is 16.1. The van der Waals surface area contributed by atoms with Crippen LogP contribution in [0, 0.1) is 0 Å². The zero-order valence-corrected chi connectivity index (χ0v) is 18.5. The van der Waals surface area contributed by atoms with Gasteiger partial charge < -0.3 is 10.2 Å². The van der Waals surface area contributed by atoms with Crippen molar-refractivity contribution in [2.45, 2.75) is 16.7 Å². The standard InChI is InChI=1S/C17H18N6O5S3/c1-2-23-14-8-7-12(31(19,27)28)9-13(14)15(16(23)24)21-22-17(29)20-10-3-5-11(6-4-10)30(18,25)26/h3-9H,2H2,1H3,(H2,18,25,26)(H2,19,27,28)(H2,20,22,29). The van der Waals surface area contributed by atoms with Gasteiger partial charge in [0.25, 0.3) is 5.91 Å². The molecule has 0 aliphatic carbocycles. The summed E-state index contributed by atoms with van der Waals surface area (Å²) >= 11 is 5.14. The van der Waals surface area contributed by atoms with Gasteiger partial charge in [0, 0.05) is 17.8 Å². The van der Waals surface area contributed by atoms with Crippen LogP contribution in [0.5, 0.6) is 0 Å². The summed E-state index contributed by atoms with van der Waals surface area (Å²) in [6.07, 6.45) is 0. The molecule has 0 aromatic heterocycles. The summed E-state index contributed by atoms with van der Waals surface area (Å²) in [4.78, 5) is 13.9. The number of primary sulfonamides is 2. The van der Waals surface area contributed by atoms with Crippen LogP contribution >= 0.6 is 12.2 Å². The maximum Gasteiger partial charge on any atom is 0.279 e. The van der Waals surface area contributed by atoms with Gasteiger partial charge in [-0.3, -0.25) is 10.2 Å². The van der Waals surface area contributed by atoms with Crippen LogP contribution in [-0.4, -0.2) is 40.1 Å². The van der Waals surface area contributed by atoms with Crippen molar-refractivity contribution in [1.82, 2.24) is 5.43 Å². The highest BCUT2D eigenvalue weighted by Gasteiger charge is 2.34. The first kappa shape index (κ1) is 22.8. The number of carbonyl (C=O) groups excluding carboxylic acids is 1. The van der Waals surface area contributed by atoms with Crippen LogP contribution in [0.2, 0.25) is 0 Å². The molecular formula is C17H18N6O5S3. The Morgan fingerprint density at radius 2 is 1.61 bits per heavy atom. The minimum absolute atomic E-state index is 0.0164. The molecule has 1 aliphatic heterocycles. The molecule has 0 saturated heterocycles. The van der Waals surface area contributed by atoms with Crippen LogP contribution in [0.15, 0.2) is 57.4 Å². The average molecular weight is 483 g/mol. The number of hydrazone groups is 1. The molecule has 0 bridgehead atoms. The Hall–Kier alpha value is -2.91. The normalized spacial score (nSPS) is 15.1. The van der Waals surface area contributed by atoms with E-state index in [1.165, 1.54) is 47.4 Å². The number of sulfonamides is 2. The number of hydrogen-bond acceptors (Lipinski definition) is 7. The van der Waals surface area contributed by atoms with Crippen LogP contribution < -0.4 is 25.9 Å². The average Bonchev–Trinajstić information content (AvgIpc) is 2.95. The zero-order chi connectivity index (χ0) is 23.0. The summed E-state index contributed by atoms with van der Waals surface area (Å²) in [5.41, 5.74) is 3.75. The number of nitrogens with one attached hydrogen (secondary N) is 2. The Kier molecular flexibility index (Phi) is 6.11. The third kappa shape index (κ3) is 4.88. The van der Waals surface area contributed by atoms with Crippen molar-refractivity contribution >= 4 is 60.4 Å². The molecule has 2 aromatic carbocycles.